The topological polar surface area (TPSA) is 120 Å². The van der Waals surface area contributed by atoms with Crippen molar-refractivity contribution >= 4 is 28.2 Å². The summed E-state index contributed by atoms with van der Waals surface area (Å²) in [6.45, 7) is 0.209. The van der Waals surface area contributed by atoms with Crippen LogP contribution in [0.25, 0.3) is 10.9 Å². The van der Waals surface area contributed by atoms with Gasteiger partial charge in [0.2, 0.25) is 0 Å². The van der Waals surface area contributed by atoms with E-state index >= 15 is 0 Å². The molecular weight excluding hydrogens is 355 g/mol. The third-order valence-corrected chi connectivity index (χ3v) is 3.99. The zero-order valence-electron chi connectivity index (χ0n) is 14.6. The first kappa shape index (κ1) is 18.3. The standard InChI is InChI=1S/C18H17FN4O4/c1-26-14-6-10-12(7-15(14)27-2)22-23-17(18(24)25)16(10)21-13-5-9(8-20)3-4-11(13)19/h3-7H,8,20H2,1-2H3,(H,21,22)(H,24,25). The van der Waals surface area contributed by atoms with E-state index in [1.807, 2.05) is 0 Å². The zero-order valence-corrected chi connectivity index (χ0v) is 14.6. The molecule has 3 aromatic rings. The molecule has 8 nitrogen and oxygen atoms in total. The summed E-state index contributed by atoms with van der Waals surface area (Å²) in [7, 11) is 2.92. The van der Waals surface area contributed by atoms with E-state index < -0.39 is 11.8 Å². The molecule has 0 bridgehead atoms. The molecule has 0 aliphatic heterocycles. The molecule has 0 radical (unpaired) electrons. The number of carboxylic acids is 1. The van der Waals surface area contributed by atoms with Crippen molar-refractivity contribution in [2.75, 3.05) is 19.5 Å². The number of nitrogens with two attached hydrogens (primary N) is 1. The molecule has 140 valence electrons. The minimum absolute atomic E-state index is 0.0736. The predicted octanol–water partition coefficient (Wildman–Crippen LogP) is 2.69. The van der Waals surface area contributed by atoms with Gasteiger partial charge in [-0.25, -0.2) is 9.18 Å². The highest BCUT2D eigenvalue weighted by molar-refractivity contribution is 6.04. The van der Waals surface area contributed by atoms with Gasteiger partial charge in [0.25, 0.3) is 0 Å². The number of nitrogens with zero attached hydrogens (tertiary/aromatic N) is 2. The predicted molar refractivity (Wildman–Crippen MR) is 97.2 cm³/mol. The highest BCUT2D eigenvalue weighted by atomic mass is 19.1. The van der Waals surface area contributed by atoms with Crippen LogP contribution in [0.4, 0.5) is 15.8 Å². The number of carbonyl (C=O) groups is 1. The molecule has 0 atom stereocenters. The molecule has 3 rings (SSSR count). The normalized spacial score (nSPS) is 10.7. The maximum Gasteiger partial charge on any atom is 0.358 e. The third-order valence-electron chi connectivity index (χ3n) is 3.99. The highest BCUT2D eigenvalue weighted by Crippen LogP contribution is 2.36. The van der Waals surface area contributed by atoms with Crippen LogP contribution >= 0.6 is 0 Å². The molecule has 0 amide bonds. The fraction of sp³-hybridized carbons (Fsp3) is 0.167. The Morgan fingerprint density at radius 2 is 1.89 bits per heavy atom. The van der Waals surface area contributed by atoms with Gasteiger partial charge in [-0.1, -0.05) is 6.07 Å². The van der Waals surface area contributed by atoms with Gasteiger partial charge < -0.3 is 25.6 Å². The minimum atomic E-state index is -1.31. The number of nitrogens with one attached hydrogen (secondary N) is 1. The molecule has 9 heteroatoms. The van der Waals surface area contributed by atoms with E-state index in [-0.39, 0.29) is 23.6 Å². The van der Waals surface area contributed by atoms with E-state index in [1.165, 1.54) is 26.4 Å². The number of halogens is 1. The third kappa shape index (κ3) is 3.44. The molecule has 0 unspecified atom stereocenters. The molecule has 0 aliphatic rings. The first-order valence-electron chi connectivity index (χ1n) is 7.89. The summed E-state index contributed by atoms with van der Waals surface area (Å²) < 4.78 is 24.8. The number of hydrogen-bond acceptors (Lipinski definition) is 7. The van der Waals surface area contributed by atoms with Crippen molar-refractivity contribution in [2.45, 2.75) is 6.54 Å². The molecule has 1 heterocycles. The molecule has 4 N–H and O–H groups in total. The van der Waals surface area contributed by atoms with E-state index in [9.17, 15) is 14.3 Å². The van der Waals surface area contributed by atoms with Crippen LogP contribution in [-0.4, -0.2) is 35.5 Å². The molecule has 0 saturated heterocycles. The van der Waals surface area contributed by atoms with Crippen LogP contribution in [-0.2, 0) is 6.54 Å². The summed E-state index contributed by atoms with van der Waals surface area (Å²) >= 11 is 0. The number of carboxylic acid groups (broad SMARTS) is 1. The Bertz CT molecular complexity index is 1030. The van der Waals surface area contributed by atoms with Gasteiger partial charge in [-0.2, -0.15) is 0 Å². The van der Waals surface area contributed by atoms with Gasteiger partial charge in [0.05, 0.1) is 31.1 Å². The van der Waals surface area contributed by atoms with Gasteiger partial charge in [0.15, 0.2) is 17.2 Å². The van der Waals surface area contributed by atoms with Gasteiger partial charge in [-0.05, 0) is 23.8 Å². The first-order valence-corrected chi connectivity index (χ1v) is 7.89. The maximum absolute atomic E-state index is 14.3. The summed E-state index contributed by atoms with van der Waals surface area (Å²) in [5.74, 6) is -1.09. The Balaban J connectivity index is 2.25. The van der Waals surface area contributed by atoms with E-state index in [0.717, 1.165) is 0 Å². The summed E-state index contributed by atoms with van der Waals surface area (Å²) in [6, 6.07) is 7.43. The van der Waals surface area contributed by atoms with Crippen LogP contribution in [0.15, 0.2) is 30.3 Å². The Kier molecular flexibility index (Phi) is 5.04. The largest absolute Gasteiger partial charge is 0.493 e. The number of methoxy groups -OCH3 is 2. The van der Waals surface area contributed by atoms with Crippen LogP contribution in [0.1, 0.15) is 16.1 Å². The lowest BCUT2D eigenvalue weighted by Gasteiger charge is -2.15. The van der Waals surface area contributed by atoms with Crippen LogP contribution in [0, 0.1) is 5.82 Å². The summed E-state index contributed by atoms with van der Waals surface area (Å²) in [5.41, 5.74) is 6.45. The monoisotopic (exact) mass is 372 g/mol. The molecule has 0 fully saturated rings. The SMILES string of the molecule is COc1cc2nnc(C(=O)O)c(Nc3cc(CN)ccc3F)c2cc1OC. The lowest BCUT2D eigenvalue weighted by Crippen LogP contribution is -2.09. The van der Waals surface area contributed by atoms with E-state index in [4.69, 9.17) is 15.2 Å². The number of hydrogen-bond donors (Lipinski definition) is 3. The number of anilines is 2. The second-order valence-electron chi connectivity index (χ2n) is 5.60. The van der Waals surface area contributed by atoms with Crippen molar-refractivity contribution < 1.29 is 23.8 Å². The van der Waals surface area contributed by atoms with Gasteiger partial charge in [-0.15, -0.1) is 10.2 Å². The van der Waals surface area contributed by atoms with Crippen molar-refractivity contribution in [3.63, 3.8) is 0 Å². The first-order chi connectivity index (χ1) is 13.0. The zero-order chi connectivity index (χ0) is 19.6. The number of ether oxygens (including phenoxy) is 2. The average Bonchev–Trinajstić information content (AvgIpc) is 2.68. The van der Waals surface area contributed by atoms with Crippen LogP contribution in [0.2, 0.25) is 0 Å². The Morgan fingerprint density at radius 3 is 2.52 bits per heavy atom. The molecule has 2 aromatic carbocycles. The number of fused-ring (bicyclic) bond motifs is 1. The lowest BCUT2D eigenvalue weighted by molar-refractivity contribution is 0.0690. The van der Waals surface area contributed by atoms with Crippen LogP contribution in [0.3, 0.4) is 0 Å². The van der Waals surface area contributed by atoms with Crippen molar-refractivity contribution in [1.82, 2.24) is 10.2 Å². The molecule has 0 saturated carbocycles. The fourth-order valence-electron chi connectivity index (χ4n) is 2.64. The van der Waals surface area contributed by atoms with Crippen molar-refractivity contribution in [3.8, 4) is 11.5 Å². The van der Waals surface area contributed by atoms with E-state index in [0.29, 0.717) is 28.0 Å². The van der Waals surface area contributed by atoms with Gasteiger partial charge in [-0.3, -0.25) is 0 Å². The molecule has 0 spiro atoms. The average molecular weight is 372 g/mol. The van der Waals surface area contributed by atoms with Crippen molar-refractivity contribution in [2.24, 2.45) is 5.73 Å². The lowest BCUT2D eigenvalue weighted by atomic mass is 10.1. The molecule has 1 aromatic heterocycles. The quantitative estimate of drug-likeness (QED) is 0.604. The van der Waals surface area contributed by atoms with Gasteiger partial charge >= 0.3 is 5.97 Å². The van der Waals surface area contributed by atoms with Crippen LogP contribution in [0.5, 0.6) is 11.5 Å². The van der Waals surface area contributed by atoms with Crippen molar-refractivity contribution in [1.29, 1.82) is 0 Å². The fourth-order valence-corrected chi connectivity index (χ4v) is 2.64. The summed E-state index contributed by atoms with van der Waals surface area (Å²) in [4.78, 5) is 11.6. The van der Waals surface area contributed by atoms with Crippen molar-refractivity contribution in [3.05, 3.63) is 47.4 Å². The second kappa shape index (κ2) is 7.42. The maximum atomic E-state index is 14.3. The highest BCUT2D eigenvalue weighted by Gasteiger charge is 2.20. The Hall–Kier alpha value is -3.46. The molecular formula is C18H17FN4O4. The van der Waals surface area contributed by atoms with E-state index in [1.54, 1.807) is 18.2 Å². The summed E-state index contributed by atoms with van der Waals surface area (Å²) in [6.07, 6.45) is 0. The van der Waals surface area contributed by atoms with E-state index in [2.05, 4.69) is 15.5 Å². The number of aromatic carboxylic acids is 1. The van der Waals surface area contributed by atoms with Gasteiger partial charge in [0, 0.05) is 18.0 Å². The molecule has 27 heavy (non-hydrogen) atoms. The summed E-state index contributed by atoms with van der Waals surface area (Å²) in [5, 5.41) is 20.4. The second-order valence-corrected chi connectivity index (χ2v) is 5.60. The number of benzene rings is 2. The van der Waals surface area contributed by atoms with Crippen LogP contribution < -0.4 is 20.5 Å². The smallest absolute Gasteiger partial charge is 0.358 e. The minimum Gasteiger partial charge on any atom is -0.493 e. The number of rotatable bonds is 6. The number of aromatic nitrogens is 2. The van der Waals surface area contributed by atoms with Gasteiger partial charge in [0.1, 0.15) is 5.82 Å². The Morgan fingerprint density at radius 1 is 1.19 bits per heavy atom. The Labute approximate surface area is 153 Å². The molecule has 0 aliphatic carbocycles.